The molecule has 0 N–H and O–H groups in total. The summed E-state index contributed by atoms with van der Waals surface area (Å²) < 4.78 is 11.1. The molecule has 24 heavy (non-hydrogen) atoms. The average Bonchev–Trinajstić information content (AvgIpc) is 2.59. The lowest BCUT2D eigenvalue weighted by Crippen LogP contribution is -2.06. The highest BCUT2D eigenvalue weighted by atomic mass is 16.5. The maximum atomic E-state index is 11.8. The predicted molar refractivity (Wildman–Crippen MR) is 92.6 cm³/mol. The van der Waals surface area contributed by atoms with E-state index in [0.717, 1.165) is 22.9 Å². The molecule has 0 bridgehead atoms. The van der Waals surface area contributed by atoms with Crippen LogP contribution < -0.4 is 10.4 Å². The summed E-state index contributed by atoms with van der Waals surface area (Å²) in [6.45, 7) is 3.74. The second kappa shape index (κ2) is 6.71. The summed E-state index contributed by atoms with van der Waals surface area (Å²) in [7, 11) is 0. The molecule has 4 nitrogen and oxygen atoms in total. The Kier molecular flexibility index (Phi) is 4.47. The van der Waals surface area contributed by atoms with E-state index in [2.05, 4.69) is 0 Å². The van der Waals surface area contributed by atoms with Crippen LogP contribution in [0, 0.1) is 0 Å². The van der Waals surface area contributed by atoms with Gasteiger partial charge in [0.1, 0.15) is 17.9 Å². The third kappa shape index (κ3) is 3.23. The van der Waals surface area contributed by atoms with Crippen LogP contribution in [0.25, 0.3) is 11.0 Å². The fourth-order valence-corrected chi connectivity index (χ4v) is 2.65. The van der Waals surface area contributed by atoms with Gasteiger partial charge in [-0.05, 0) is 37.1 Å². The van der Waals surface area contributed by atoms with E-state index in [4.69, 9.17) is 9.15 Å². The molecular formula is C20H18O4. The van der Waals surface area contributed by atoms with Crippen molar-refractivity contribution >= 4 is 16.8 Å². The molecule has 2 aromatic carbocycles. The third-order valence-electron chi connectivity index (χ3n) is 3.95. The zero-order valence-corrected chi connectivity index (χ0v) is 13.7. The number of carbonyl (C=O) groups is 1. The fourth-order valence-electron chi connectivity index (χ4n) is 2.65. The molecule has 0 saturated carbocycles. The van der Waals surface area contributed by atoms with Crippen LogP contribution >= 0.6 is 0 Å². The van der Waals surface area contributed by atoms with Crippen molar-refractivity contribution in [3.63, 3.8) is 0 Å². The number of ether oxygens (including phenoxy) is 1. The number of ketones is 1. The lowest BCUT2D eigenvalue weighted by molar-refractivity contribution is 0.101. The Morgan fingerprint density at radius 1 is 1.12 bits per heavy atom. The van der Waals surface area contributed by atoms with E-state index in [1.54, 1.807) is 18.2 Å². The largest absolute Gasteiger partial charge is 0.488 e. The van der Waals surface area contributed by atoms with Gasteiger partial charge in [0, 0.05) is 17.0 Å². The van der Waals surface area contributed by atoms with Crippen LogP contribution in [-0.2, 0) is 13.0 Å². The quantitative estimate of drug-likeness (QED) is 0.523. The molecule has 0 aliphatic rings. The molecule has 0 amide bonds. The van der Waals surface area contributed by atoms with Crippen molar-refractivity contribution in [3.8, 4) is 5.75 Å². The van der Waals surface area contributed by atoms with E-state index in [-0.39, 0.29) is 12.4 Å². The second-order valence-corrected chi connectivity index (χ2v) is 5.62. The first-order chi connectivity index (χ1) is 11.6. The molecule has 3 aromatic rings. The van der Waals surface area contributed by atoms with Crippen LogP contribution in [0.1, 0.15) is 35.3 Å². The number of hydrogen-bond donors (Lipinski definition) is 0. The average molecular weight is 322 g/mol. The topological polar surface area (TPSA) is 56.5 Å². The van der Waals surface area contributed by atoms with E-state index < -0.39 is 5.63 Å². The zero-order valence-electron chi connectivity index (χ0n) is 13.7. The summed E-state index contributed by atoms with van der Waals surface area (Å²) >= 11 is 0. The summed E-state index contributed by atoms with van der Waals surface area (Å²) in [6.07, 6.45) is 0.867. The van der Waals surface area contributed by atoms with Crippen LogP contribution in [0.2, 0.25) is 0 Å². The Morgan fingerprint density at radius 2 is 1.92 bits per heavy atom. The number of aryl methyl sites for hydroxylation is 1. The summed E-state index contributed by atoms with van der Waals surface area (Å²) in [5, 5.41) is 0.840. The van der Waals surface area contributed by atoms with Gasteiger partial charge in [-0.15, -0.1) is 0 Å². The molecule has 0 aliphatic carbocycles. The van der Waals surface area contributed by atoms with Gasteiger partial charge in [-0.1, -0.05) is 31.2 Å². The fraction of sp³-hybridized carbons (Fsp3) is 0.200. The van der Waals surface area contributed by atoms with Crippen LogP contribution in [0.4, 0.5) is 0 Å². The second-order valence-electron chi connectivity index (χ2n) is 5.62. The van der Waals surface area contributed by atoms with Crippen LogP contribution in [0.15, 0.2) is 57.7 Å². The van der Waals surface area contributed by atoms with Gasteiger partial charge in [-0.25, -0.2) is 4.79 Å². The van der Waals surface area contributed by atoms with E-state index in [1.807, 2.05) is 31.2 Å². The van der Waals surface area contributed by atoms with Gasteiger partial charge in [0.2, 0.25) is 0 Å². The third-order valence-corrected chi connectivity index (χ3v) is 3.95. The number of Topliss-reactive ketones (excluding diaryl/α,β-unsaturated/α-hetero) is 1. The summed E-state index contributed by atoms with van der Waals surface area (Å²) in [4.78, 5) is 23.5. The molecule has 1 heterocycles. The molecule has 0 atom stereocenters. The Morgan fingerprint density at radius 3 is 2.67 bits per heavy atom. The lowest BCUT2D eigenvalue weighted by Gasteiger charge is -2.11. The zero-order chi connectivity index (χ0) is 17.1. The Hall–Kier alpha value is -2.88. The van der Waals surface area contributed by atoms with Crippen molar-refractivity contribution < 1.29 is 13.9 Å². The minimum absolute atomic E-state index is 0.0596. The highest BCUT2D eigenvalue weighted by Crippen LogP contribution is 2.23. The van der Waals surface area contributed by atoms with Gasteiger partial charge in [0.15, 0.2) is 5.78 Å². The van der Waals surface area contributed by atoms with Gasteiger partial charge in [-0.3, -0.25) is 4.79 Å². The Bertz CT molecular complexity index is 953. The number of benzene rings is 2. The van der Waals surface area contributed by atoms with E-state index >= 15 is 0 Å². The first-order valence-electron chi connectivity index (χ1n) is 7.87. The maximum absolute atomic E-state index is 11.8. The highest BCUT2D eigenvalue weighted by Gasteiger charge is 2.10. The molecule has 0 saturated heterocycles. The molecule has 0 fully saturated rings. The standard InChI is InChI=1S/C20H18O4/c1-3-14-8-9-17-15(11-20(22)24-19(17)10-14)12-23-18-7-5-4-6-16(18)13(2)21/h4-11H,3,12H2,1-2H3. The summed E-state index contributed by atoms with van der Waals surface area (Å²) in [5.74, 6) is 0.451. The predicted octanol–water partition coefficient (Wildman–Crippen LogP) is 4.14. The van der Waals surface area contributed by atoms with Gasteiger partial charge in [0.05, 0.1) is 5.56 Å². The first kappa shape index (κ1) is 16.0. The molecule has 0 spiro atoms. The van der Waals surface area contributed by atoms with Gasteiger partial charge in [-0.2, -0.15) is 0 Å². The smallest absolute Gasteiger partial charge is 0.336 e. The Labute approximate surface area is 139 Å². The van der Waals surface area contributed by atoms with Crippen molar-refractivity contribution in [2.24, 2.45) is 0 Å². The van der Waals surface area contributed by atoms with Crippen LogP contribution in [-0.4, -0.2) is 5.78 Å². The van der Waals surface area contributed by atoms with Crippen molar-refractivity contribution in [2.75, 3.05) is 0 Å². The maximum Gasteiger partial charge on any atom is 0.336 e. The summed E-state index contributed by atoms with van der Waals surface area (Å²) in [5.41, 5.74) is 2.51. The molecule has 4 heteroatoms. The minimum Gasteiger partial charge on any atom is -0.488 e. The van der Waals surface area contributed by atoms with E-state index in [1.165, 1.54) is 13.0 Å². The van der Waals surface area contributed by atoms with Crippen molar-refractivity contribution in [2.45, 2.75) is 26.9 Å². The number of rotatable bonds is 5. The van der Waals surface area contributed by atoms with Gasteiger partial charge in [0.25, 0.3) is 0 Å². The molecule has 3 rings (SSSR count). The molecule has 1 aromatic heterocycles. The monoisotopic (exact) mass is 322 g/mol. The minimum atomic E-state index is -0.408. The molecular weight excluding hydrogens is 304 g/mol. The van der Waals surface area contributed by atoms with Crippen molar-refractivity contribution in [1.29, 1.82) is 0 Å². The van der Waals surface area contributed by atoms with E-state index in [0.29, 0.717) is 16.9 Å². The number of carbonyl (C=O) groups excluding carboxylic acids is 1. The van der Waals surface area contributed by atoms with Gasteiger partial charge < -0.3 is 9.15 Å². The first-order valence-corrected chi connectivity index (χ1v) is 7.87. The van der Waals surface area contributed by atoms with Crippen LogP contribution in [0.3, 0.4) is 0 Å². The van der Waals surface area contributed by atoms with Crippen LogP contribution in [0.5, 0.6) is 5.75 Å². The van der Waals surface area contributed by atoms with Crippen molar-refractivity contribution in [3.05, 3.63) is 75.6 Å². The number of fused-ring (bicyclic) bond motifs is 1. The highest BCUT2D eigenvalue weighted by molar-refractivity contribution is 5.96. The molecule has 0 unspecified atom stereocenters. The number of hydrogen-bond acceptors (Lipinski definition) is 4. The SMILES string of the molecule is CCc1ccc2c(COc3ccccc3C(C)=O)cc(=O)oc2c1. The molecule has 0 radical (unpaired) electrons. The molecule has 0 aliphatic heterocycles. The van der Waals surface area contributed by atoms with Gasteiger partial charge >= 0.3 is 5.63 Å². The summed E-state index contributed by atoms with van der Waals surface area (Å²) in [6, 6.07) is 14.3. The Balaban J connectivity index is 1.96. The van der Waals surface area contributed by atoms with Crippen molar-refractivity contribution in [1.82, 2.24) is 0 Å². The van der Waals surface area contributed by atoms with E-state index in [9.17, 15) is 9.59 Å². The normalized spacial score (nSPS) is 10.8. The lowest BCUT2D eigenvalue weighted by atomic mass is 10.1. The number of para-hydroxylation sites is 1. The molecule has 122 valence electrons.